The van der Waals surface area contributed by atoms with E-state index in [-0.39, 0.29) is 5.75 Å². The van der Waals surface area contributed by atoms with E-state index < -0.39 is 9.84 Å². The van der Waals surface area contributed by atoms with Gasteiger partial charge in [0.25, 0.3) is 0 Å². The van der Waals surface area contributed by atoms with E-state index in [2.05, 4.69) is 45.1 Å². The maximum atomic E-state index is 11.4. The highest BCUT2D eigenvalue weighted by atomic mass is 32.2. The van der Waals surface area contributed by atoms with Gasteiger partial charge in [-0.15, -0.1) is 11.3 Å². The van der Waals surface area contributed by atoms with Gasteiger partial charge in [0.2, 0.25) is 0 Å². The molecular formula is C22H32N4O2S2. The molecule has 0 radical (unpaired) electrons. The zero-order valence-electron chi connectivity index (χ0n) is 18.0. The molecule has 2 heterocycles. The third-order valence-electron chi connectivity index (χ3n) is 5.51. The summed E-state index contributed by atoms with van der Waals surface area (Å²) in [5.74, 6) is 1.40. The number of piperidine rings is 1. The normalized spacial score (nSPS) is 20.8. The summed E-state index contributed by atoms with van der Waals surface area (Å²) in [4.78, 5) is 8.26. The lowest BCUT2D eigenvalue weighted by Crippen LogP contribution is -2.44. The van der Waals surface area contributed by atoms with E-state index in [0.717, 1.165) is 30.2 Å². The molecule has 2 unspecified atom stereocenters. The Morgan fingerprint density at radius 3 is 2.57 bits per heavy atom. The van der Waals surface area contributed by atoms with Crippen molar-refractivity contribution in [1.82, 2.24) is 15.5 Å². The molecule has 0 spiro atoms. The monoisotopic (exact) mass is 448 g/mol. The Balaban J connectivity index is 1.53. The summed E-state index contributed by atoms with van der Waals surface area (Å²) >= 11 is 1.84. The molecule has 0 aliphatic carbocycles. The average Bonchev–Trinajstić information content (AvgIpc) is 3.22. The first-order valence-corrected chi connectivity index (χ1v) is 13.2. The molecule has 6 nitrogen and oxygen atoms in total. The number of thiophene rings is 1. The molecule has 30 heavy (non-hydrogen) atoms. The van der Waals surface area contributed by atoms with Gasteiger partial charge in [0.1, 0.15) is 0 Å². The second-order valence-corrected chi connectivity index (χ2v) is 11.2. The van der Waals surface area contributed by atoms with Crippen LogP contribution in [0.4, 0.5) is 0 Å². The van der Waals surface area contributed by atoms with Crippen molar-refractivity contribution in [1.29, 1.82) is 0 Å². The Morgan fingerprint density at radius 2 is 1.93 bits per heavy atom. The molecule has 2 N–H and O–H groups in total. The van der Waals surface area contributed by atoms with Crippen molar-refractivity contribution in [2.24, 2.45) is 10.9 Å². The summed E-state index contributed by atoms with van der Waals surface area (Å²) in [7, 11) is 0.995. The molecular weight excluding hydrogens is 416 g/mol. The largest absolute Gasteiger partial charge is 0.356 e. The molecule has 1 aromatic carbocycles. The third-order valence-corrected chi connectivity index (χ3v) is 7.31. The minimum Gasteiger partial charge on any atom is -0.356 e. The predicted molar refractivity (Wildman–Crippen MR) is 126 cm³/mol. The summed E-state index contributed by atoms with van der Waals surface area (Å²) in [5, 5.41) is 9.02. The maximum absolute atomic E-state index is 11.4. The number of benzene rings is 1. The molecule has 0 amide bonds. The summed E-state index contributed by atoms with van der Waals surface area (Å²) in [6.45, 7) is 2.65. The molecule has 1 aliphatic heterocycles. The number of rotatable bonds is 7. The Morgan fingerprint density at radius 1 is 1.20 bits per heavy atom. The van der Waals surface area contributed by atoms with Crippen LogP contribution in [-0.4, -0.2) is 52.7 Å². The van der Waals surface area contributed by atoms with Crippen molar-refractivity contribution in [2.45, 2.75) is 31.2 Å². The third kappa shape index (κ3) is 6.55. The zero-order chi connectivity index (χ0) is 21.6. The van der Waals surface area contributed by atoms with Crippen molar-refractivity contribution in [3.63, 3.8) is 0 Å². The van der Waals surface area contributed by atoms with E-state index in [9.17, 15) is 8.42 Å². The van der Waals surface area contributed by atoms with Gasteiger partial charge in [-0.1, -0.05) is 30.3 Å². The zero-order valence-corrected chi connectivity index (χ0v) is 19.6. The van der Waals surface area contributed by atoms with E-state index in [1.807, 2.05) is 35.6 Å². The van der Waals surface area contributed by atoms with Crippen molar-refractivity contribution in [3.8, 4) is 0 Å². The molecule has 0 saturated carbocycles. The first kappa shape index (κ1) is 22.8. The maximum Gasteiger partial charge on any atom is 0.191 e. The van der Waals surface area contributed by atoms with Gasteiger partial charge >= 0.3 is 0 Å². The molecule has 1 fully saturated rings. The Hall–Kier alpha value is -1.90. The smallest absolute Gasteiger partial charge is 0.191 e. The molecule has 1 saturated heterocycles. The number of guanidine groups is 1. The van der Waals surface area contributed by atoms with Crippen LogP contribution in [0, 0.1) is 5.92 Å². The second kappa shape index (κ2) is 10.4. The molecule has 1 aliphatic rings. The highest BCUT2D eigenvalue weighted by molar-refractivity contribution is 7.89. The highest BCUT2D eigenvalue weighted by Gasteiger charge is 2.31. The van der Waals surface area contributed by atoms with Crippen LogP contribution in [0.15, 0.2) is 46.8 Å². The summed E-state index contributed by atoms with van der Waals surface area (Å²) in [6.07, 6.45) is 3.68. The van der Waals surface area contributed by atoms with Crippen LogP contribution in [0.3, 0.4) is 0 Å². The molecule has 0 bridgehead atoms. The van der Waals surface area contributed by atoms with Crippen LogP contribution in [0.1, 0.15) is 34.9 Å². The quantitative estimate of drug-likeness (QED) is 0.503. The number of hydrogen-bond acceptors (Lipinski definition) is 5. The lowest BCUT2D eigenvalue weighted by Gasteiger charge is -2.39. The Labute approximate surface area is 184 Å². The van der Waals surface area contributed by atoms with E-state index >= 15 is 0 Å². The molecule has 2 aromatic rings. The van der Waals surface area contributed by atoms with Crippen molar-refractivity contribution in [3.05, 3.63) is 57.8 Å². The number of nitrogens with zero attached hydrogens (tertiary/aromatic N) is 2. The van der Waals surface area contributed by atoms with Gasteiger partial charge in [0, 0.05) is 37.3 Å². The van der Waals surface area contributed by atoms with Crippen LogP contribution >= 0.6 is 11.3 Å². The van der Waals surface area contributed by atoms with E-state index in [0.29, 0.717) is 18.5 Å². The van der Waals surface area contributed by atoms with E-state index in [1.165, 1.54) is 24.0 Å². The lowest BCUT2D eigenvalue weighted by atomic mass is 9.88. The van der Waals surface area contributed by atoms with Gasteiger partial charge in [0.15, 0.2) is 15.8 Å². The molecule has 3 rings (SSSR count). The fourth-order valence-corrected chi connectivity index (χ4v) is 5.85. The molecule has 1 aromatic heterocycles. The van der Waals surface area contributed by atoms with Crippen molar-refractivity contribution < 1.29 is 8.42 Å². The number of aliphatic imine (C=N–C) groups is 1. The fraction of sp³-hybridized carbons (Fsp3) is 0.500. The van der Waals surface area contributed by atoms with Gasteiger partial charge in [-0.3, -0.25) is 9.89 Å². The van der Waals surface area contributed by atoms with Crippen LogP contribution in [0.5, 0.6) is 0 Å². The summed E-state index contributed by atoms with van der Waals surface area (Å²) in [5.41, 5.74) is 1.90. The van der Waals surface area contributed by atoms with Crippen molar-refractivity contribution in [2.75, 3.05) is 33.4 Å². The van der Waals surface area contributed by atoms with Gasteiger partial charge in [-0.05, 0) is 54.9 Å². The van der Waals surface area contributed by atoms with Crippen LogP contribution in [-0.2, 0) is 22.1 Å². The molecule has 2 atom stereocenters. The van der Waals surface area contributed by atoms with Gasteiger partial charge < -0.3 is 10.6 Å². The van der Waals surface area contributed by atoms with Gasteiger partial charge in [-0.2, -0.15) is 0 Å². The van der Waals surface area contributed by atoms with Crippen LogP contribution in [0.2, 0.25) is 0 Å². The van der Waals surface area contributed by atoms with Gasteiger partial charge in [0.05, 0.1) is 5.75 Å². The number of sulfone groups is 1. The first-order valence-electron chi connectivity index (χ1n) is 10.3. The number of likely N-dealkylation sites (tertiary alicyclic amines) is 1. The Bertz CT molecular complexity index is 925. The predicted octanol–water partition coefficient (Wildman–Crippen LogP) is 3.04. The topological polar surface area (TPSA) is 73.8 Å². The Kier molecular flexibility index (Phi) is 7.91. The number of nitrogens with one attached hydrogen (secondary N) is 2. The van der Waals surface area contributed by atoms with Crippen molar-refractivity contribution >= 4 is 27.1 Å². The van der Waals surface area contributed by atoms with Crippen LogP contribution in [0.25, 0.3) is 0 Å². The lowest BCUT2D eigenvalue weighted by molar-refractivity contribution is 0.125. The van der Waals surface area contributed by atoms with Gasteiger partial charge in [-0.25, -0.2) is 8.42 Å². The molecule has 8 heteroatoms. The molecule has 164 valence electrons. The standard InChI is InChI=1S/C22H32N4O2S2/c1-23-22(24-14-17-8-10-18(11-9-17)16-30(3,27)28)25-15-19-6-4-12-26(2)21(19)20-7-5-13-29-20/h5,7-11,13,19,21H,4,6,12,14-16H2,1-3H3,(H2,23,24,25). The summed E-state index contributed by atoms with van der Waals surface area (Å²) in [6, 6.07) is 12.5. The fourth-order valence-electron chi connectivity index (χ4n) is 4.07. The minimum atomic E-state index is -3.01. The SMILES string of the molecule is CN=C(NCc1ccc(CS(C)(=O)=O)cc1)NCC1CCCN(C)C1c1cccs1. The highest BCUT2D eigenvalue weighted by Crippen LogP contribution is 2.36. The summed E-state index contributed by atoms with van der Waals surface area (Å²) < 4.78 is 22.8. The van der Waals surface area contributed by atoms with E-state index in [4.69, 9.17) is 0 Å². The number of hydrogen-bond donors (Lipinski definition) is 2. The average molecular weight is 449 g/mol. The van der Waals surface area contributed by atoms with Crippen LogP contribution < -0.4 is 10.6 Å². The second-order valence-electron chi connectivity index (χ2n) is 8.04. The first-order chi connectivity index (χ1) is 14.4. The minimum absolute atomic E-state index is 0.0746. The van der Waals surface area contributed by atoms with E-state index in [1.54, 1.807) is 7.05 Å².